The van der Waals surface area contributed by atoms with Crippen molar-refractivity contribution in [3.63, 3.8) is 0 Å². The van der Waals surface area contributed by atoms with Crippen molar-refractivity contribution >= 4 is 37.5 Å². The molecule has 0 fully saturated rings. The minimum absolute atomic E-state index is 0.00765. The van der Waals surface area contributed by atoms with Crippen LogP contribution in [0, 0.1) is 0 Å². The molecule has 0 aliphatic carbocycles. The predicted octanol–water partition coefficient (Wildman–Crippen LogP) is 3.88. The van der Waals surface area contributed by atoms with Gasteiger partial charge in [0.1, 0.15) is 5.76 Å². The number of likely N-dealkylation sites (N-methyl/N-ethyl adjacent to an activating group) is 1. The van der Waals surface area contributed by atoms with Crippen LogP contribution in [0.15, 0.2) is 80.7 Å². The molecule has 1 atom stereocenters. The van der Waals surface area contributed by atoms with Crippen LogP contribution in [0.3, 0.4) is 0 Å². The third-order valence-corrected chi connectivity index (χ3v) is 6.36. The Morgan fingerprint density at radius 1 is 1.10 bits per heavy atom. The van der Waals surface area contributed by atoms with Crippen molar-refractivity contribution in [2.45, 2.75) is 10.9 Å². The van der Waals surface area contributed by atoms with Crippen LogP contribution in [0.2, 0.25) is 0 Å². The van der Waals surface area contributed by atoms with Gasteiger partial charge in [-0.05, 0) is 68.7 Å². The molecule has 158 valence electrons. The van der Waals surface area contributed by atoms with Crippen LogP contribution in [0.4, 0.5) is 5.69 Å². The fraction of sp³-hybridized carbons (Fsp3) is 0.190. The molecule has 3 aromatic rings. The van der Waals surface area contributed by atoms with Gasteiger partial charge in [-0.2, -0.15) is 0 Å². The van der Waals surface area contributed by atoms with Crippen LogP contribution in [-0.4, -0.2) is 39.9 Å². The molecule has 0 bridgehead atoms. The Kier molecular flexibility index (Phi) is 6.96. The largest absolute Gasteiger partial charge is 0.468 e. The van der Waals surface area contributed by atoms with Gasteiger partial charge >= 0.3 is 0 Å². The van der Waals surface area contributed by atoms with Gasteiger partial charge in [-0.3, -0.25) is 14.4 Å². The molecular formula is C21H22BrN3O4S. The Morgan fingerprint density at radius 3 is 2.47 bits per heavy atom. The number of nitrogens with zero attached hydrogens (tertiary/aromatic N) is 1. The van der Waals surface area contributed by atoms with Crippen molar-refractivity contribution in [3.8, 4) is 0 Å². The molecule has 0 saturated carbocycles. The van der Waals surface area contributed by atoms with Crippen molar-refractivity contribution in [2.24, 2.45) is 0 Å². The van der Waals surface area contributed by atoms with E-state index in [4.69, 9.17) is 4.42 Å². The van der Waals surface area contributed by atoms with Gasteiger partial charge in [-0.1, -0.05) is 22.0 Å². The Bertz CT molecular complexity index is 1100. The van der Waals surface area contributed by atoms with E-state index in [1.807, 2.05) is 25.1 Å². The van der Waals surface area contributed by atoms with Gasteiger partial charge in [-0.25, -0.2) is 8.42 Å². The first-order valence-electron chi connectivity index (χ1n) is 9.13. The summed E-state index contributed by atoms with van der Waals surface area (Å²) in [5.74, 6) is 0.365. The van der Waals surface area contributed by atoms with Crippen molar-refractivity contribution < 1.29 is 17.6 Å². The average molecular weight is 492 g/mol. The lowest BCUT2D eigenvalue weighted by atomic mass is 10.2. The second-order valence-corrected chi connectivity index (χ2v) is 9.44. The highest BCUT2D eigenvalue weighted by atomic mass is 79.9. The first kappa shape index (κ1) is 22.1. The van der Waals surface area contributed by atoms with Crippen LogP contribution in [0.1, 0.15) is 22.2 Å². The summed E-state index contributed by atoms with van der Waals surface area (Å²) < 4.78 is 34.2. The van der Waals surface area contributed by atoms with E-state index in [1.165, 1.54) is 12.1 Å². The summed E-state index contributed by atoms with van der Waals surface area (Å²) in [6, 6.07) is 16.2. The summed E-state index contributed by atoms with van der Waals surface area (Å²) in [7, 11) is -0.0525. The number of benzene rings is 2. The number of nitrogens with one attached hydrogen (secondary N) is 2. The first-order chi connectivity index (χ1) is 14.3. The standard InChI is InChI=1S/C21H22BrN3O4S/c1-25(2)19(20-7-4-12-29-20)14-23-21(26)15-5-3-6-18(13-15)30(27,28)24-17-10-8-16(22)9-11-17/h3-13,19,24H,14H2,1-2H3,(H,23,26)/t19-/m0/s1. The molecular weight excluding hydrogens is 470 g/mol. The Morgan fingerprint density at radius 2 is 1.83 bits per heavy atom. The van der Waals surface area contributed by atoms with E-state index in [2.05, 4.69) is 26.0 Å². The highest BCUT2D eigenvalue weighted by molar-refractivity contribution is 9.10. The van der Waals surface area contributed by atoms with E-state index >= 15 is 0 Å². The van der Waals surface area contributed by atoms with Crippen LogP contribution >= 0.6 is 15.9 Å². The molecule has 1 amide bonds. The average Bonchev–Trinajstić information content (AvgIpc) is 3.24. The minimum atomic E-state index is -3.83. The van der Waals surface area contributed by atoms with E-state index in [0.29, 0.717) is 12.2 Å². The highest BCUT2D eigenvalue weighted by Crippen LogP contribution is 2.20. The lowest BCUT2D eigenvalue weighted by molar-refractivity contribution is 0.0939. The molecule has 0 radical (unpaired) electrons. The number of hydrogen-bond donors (Lipinski definition) is 2. The molecule has 1 aromatic heterocycles. The highest BCUT2D eigenvalue weighted by Gasteiger charge is 2.20. The fourth-order valence-corrected chi connectivity index (χ4v) is 4.21. The Hall–Kier alpha value is -2.62. The number of carbonyl (C=O) groups excluding carboxylic acids is 1. The monoisotopic (exact) mass is 491 g/mol. The zero-order valence-electron chi connectivity index (χ0n) is 16.5. The summed E-state index contributed by atoms with van der Waals surface area (Å²) in [5, 5.41) is 2.84. The van der Waals surface area contributed by atoms with Crippen LogP contribution in [0.25, 0.3) is 0 Å². The van der Waals surface area contributed by atoms with Gasteiger partial charge in [0.15, 0.2) is 0 Å². The Balaban J connectivity index is 1.72. The van der Waals surface area contributed by atoms with Crippen molar-refractivity contribution in [1.82, 2.24) is 10.2 Å². The lowest BCUT2D eigenvalue weighted by Crippen LogP contribution is -2.34. The number of amides is 1. The van der Waals surface area contributed by atoms with Gasteiger partial charge in [0.05, 0.1) is 17.2 Å². The predicted molar refractivity (Wildman–Crippen MR) is 119 cm³/mol. The number of anilines is 1. The van der Waals surface area contributed by atoms with Gasteiger partial charge < -0.3 is 9.73 Å². The molecule has 1 heterocycles. The maximum absolute atomic E-state index is 12.7. The van der Waals surface area contributed by atoms with E-state index in [0.717, 1.165) is 10.2 Å². The smallest absolute Gasteiger partial charge is 0.261 e. The minimum Gasteiger partial charge on any atom is -0.468 e. The quantitative estimate of drug-likeness (QED) is 0.498. The number of furan rings is 1. The lowest BCUT2D eigenvalue weighted by Gasteiger charge is -2.22. The molecule has 0 aliphatic heterocycles. The van der Waals surface area contributed by atoms with E-state index in [9.17, 15) is 13.2 Å². The van der Waals surface area contributed by atoms with Gasteiger partial charge in [-0.15, -0.1) is 0 Å². The molecule has 3 rings (SSSR count). The summed E-state index contributed by atoms with van der Waals surface area (Å²) >= 11 is 3.31. The van der Waals surface area contributed by atoms with Crippen molar-refractivity contribution in [2.75, 3.05) is 25.4 Å². The molecule has 0 spiro atoms. The normalized spacial score (nSPS) is 12.5. The molecule has 0 saturated heterocycles. The number of halogens is 1. The summed E-state index contributed by atoms with van der Waals surface area (Å²) in [4.78, 5) is 14.6. The third kappa shape index (κ3) is 5.50. The number of carbonyl (C=O) groups is 1. The summed E-state index contributed by atoms with van der Waals surface area (Å²) in [5.41, 5.74) is 0.686. The second kappa shape index (κ2) is 9.46. The number of rotatable bonds is 8. The summed E-state index contributed by atoms with van der Waals surface area (Å²) in [6.07, 6.45) is 1.58. The van der Waals surface area contributed by atoms with E-state index < -0.39 is 10.0 Å². The van der Waals surface area contributed by atoms with E-state index in [-0.39, 0.29) is 22.4 Å². The number of hydrogen-bond acceptors (Lipinski definition) is 5. The summed E-state index contributed by atoms with van der Waals surface area (Å²) in [6.45, 7) is 0.313. The van der Waals surface area contributed by atoms with Crippen LogP contribution in [-0.2, 0) is 10.0 Å². The zero-order valence-corrected chi connectivity index (χ0v) is 18.9. The molecule has 0 unspecified atom stereocenters. The van der Waals surface area contributed by atoms with E-state index in [1.54, 1.807) is 48.7 Å². The van der Waals surface area contributed by atoms with Crippen molar-refractivity contribution in [1.29, 1.82) is 0 Å². The molecule has 30 heavy (non-hydrogen) atoms. The number of sulfonamides is 1. The molecule has 9 heteroatoms. The zero-order chi connectivity index (χ0) is 21.7. The first-order valence-corrected chi connectivity index (χ1v) is 11.4. The molecule has 2 aromatic carbocycles. The topological polar surface area (TPSA) is 91.7 Å². The van der Waals surface area contributed by atoms with Gasteiger partial charge in [0, 0.05) is 22.3 Å². The fourth-order valence-electron chi connectivity index (χ4n) is 2.85. The second-order valence-electron chi connectivity index (χ2n) is 6.85. The SMILES string of the molecule is CN(C)[C@@H](CNC(=O)c1cccc(S(=O)(=O)Nc2ccc(Br)cc2)c1)c1ccco1. The van der Waals surface area contributed by atoms with Crippen molar-refractivity contribution in [3.05, 3.63) is 82.7 Å². The molecule has 7 nitrogen and oxygen atoms in total. The van der Waals surface area contributed by atoms with Crippen LogP contribution < -0.4 is 10.0 Å². The van der Waals surface area contributed by atoms with Gasteiger partial charge in [0.25, 0.3) is 15.9 Å². The molecule has 0 aliphatic rings. The maximum Gasteiger partial charge on any atom is 0.261 e. The van der Waals surface area contributed by atoms with Gasteiger partial charge in [0.2, 0.25) is 0 Å². The Labute approximate surface area is 184 Å². The third-order valence-electron chi connectivity index (χ3n) is 4.45. The molecule has 2 N–H and O–H groups in total. The maximum atomic E-state index is 12.7. The van der Waals surface area contributed by atoms with Crippen LogP contribution in [0.5, 0.6) is 0 Å².